The van der Waals surface area contributed by atoms with E-state index in [1.165, 1.54) is 17.5 Å². The molecule has 1 fully saturated rings. The first-order valence-corrected chi connectivity index (χ1v) is 6.12. The van der Waals surface area contributed by atoms with Gasteiger partial charge in [-0.1, -0.05) is 67.6 Å². The highest BCUT2D eigenvalue weighted by Crippen LogP contribution is 2.17. The summed E-state index contributed by atoms with van der Waals surface area (Å²) in [6, 6.07) is 20.8. The Kier molecular flexibility index (Phi) is 4.34. The van der Waals surface area contributed by atoms with E-state index in [1.54, 1.807) is 0 Å². The summed E-state index contributed by atoms with van der Waals surface area (Å²) in [6.45, 7) is 3.15. The second kappa shape index (κ2) is 6.21. The molecule has 1 atom stereocenters. The van der Waals surface area contributed by atoms with Crippen LogP contribution in [0.15, 0.2) is 60.7 Å². The average molecular weight is 226 g/mol. The summed E-state index contributed by atoms with van der Waals surface area (Å²) in [6.07, 6.45) is 1.83. The lowest BCUT2D eigenvalue weighted by atomic mass is 10.1. The van der Waals surface area contributed by atoms with Gasteiger partial charge in [0, 0.05) is 0 Å². The lowest BCUT2D eigenvalue weighted by Gasteiger charge is -1.98. The van der Waals surface area contributed by atoms with E-state index in [1.807, 2.05) is 12.1 Å². The first kappa shape index (κ1) is 11.9. The van der Waals surface area contributed by atoms with Crippen molar-refractivity contribution in [1.29, 1.82) is 0 Å². The molecule has 0 spiro atoms. The van der Waals surface area contributed by atoms with Crippen LogP contribution >= 0.6 is 0 Å². The van der Waals surface area contributed by atoms with Crippen molar-refractivity contribution in [2.75, 3.05) is 6.61 Å². The average Bonchev–Trinajstić information content (AvgIpc) is 3.25. The van der Waals surface area contributed by atoms with E-state index in [2.05, 4.69) is 55.5 Å². The molecule has 88 valence electrons. The van der Waals surface area contributed by atoms with Crippen molar-refractivity contribution in [3.05, 3.63) is 60.7 Å². The molecule has 1 unspecified atom stereocenters. The highest BCUT2D eigenvalue weighted by molar-refractivity contribution is 5.62. The predicted molar refractivity (Wildman–Crippen MR) is 71.9 cm³/mol. The Morgan fingerprint density at radius 1 is 0.882 bits per heavy atom. The summed E-state index contributed by atoms with van der Waals surface area (Å²) in [5, 5.41) is 0. The van der Waals surface area contributed by atoms with Gasteiger partial charge in [-0.2, -0.15) is 0 Å². The van der Waals surface area contributed by atoms with E-state index in [0.29, 0.717) is 6.10 Å². The Labute approximate surface area is 103 Å². The fourth-order valence-corrected chi connectivity index (χ4v) is 1.56. The van der Waals surface area contributed by atoms with Crippen LogP contribution in [0.2, 0.25) is 0 Å². The van der Waals surface area contributed by atoms with Gasteiger partial charge in [0.15, 0.2) is 0 Å². The Balaban J connectivity index is 0.000000181. The van der Waals surface area contributed by atoms with Gasteiger partial charge >= 0.3 is 0 Å². The number of ether oxygens (including phenoxy) is 1. The van der Waals surface area contributed by atoms with Gasteiger partial charge < -0.3 is 4.74 Å². The number of hydrogen-bond acceptors (Lipinski definition) is 1. The van der Waals surface area contributed by atoms with E-state index in [4.69, 9.17) is 4.74 Å². The highest BCUT2D eigenvalue weighted by Gasteiger charge is 2.18. The third kappa shape index (κ3) is 4.04. The molecule has 0 amide bonds. The molecule has 17 heavy (non-hydrogen) atoms. The second-order valence-corrected chi connectivity index (χ2v) is 4.10. The lowest BCUT2D eigenvalue weighted by Crippen LogP contribution is -1.73. The van der Waals surface area contributed by atoms with Crippen molar-refractivity contribution in [3.8, 4) is 11.1 Å². The number of rotatable bonds is 2. The summed E-state index contributed by atoms with van der Waals surface area (Å²) in [5.74, 6) is 0. The molecule has 0 aliphatic carbocycles. The first-order chi connectivity index (χ1) is 8.40. The number of epoxide rings is 1. The molecule has 1 nitrogen and oxygen atoms in total. The van der Waals surface area contributed by atoms with E-state index in [-0.39, 0.29) is 0 Å². The molecule has 1 aliphatic rings. The summed E-state index contributed by atoms with van der Waals surface area (Å²) < 4.78 is 4.86. The zero-order chi connectivity index (χ0) is 11.9. The van der Waals surface area contributed by atoms with Crippen LogP contribution in [0.5, 0.6) is 0 Å². The quantitative estimate of drug-likeness (QED) is 0.701. The van der Waals surface area contributed by atoms with Crippen LogP contribution in [-0.2, 0) is 4.74 Å². The number of hydrogen-bond donors (Lipinski definition) is 0. The molecular weight excluding hydrogens is 208 g/mol. The summed E-state index contributed by atoms with van der Waals surface area (Å²) in [5.41, 5.74) is 2.55. The normalized spacial score (nSPS) is 16.9. The van der Waals surface area contributed by atoms with Gasteiger partial charge in [-0.05, 0) is 17.5 Å². The van der Waals surface area contributed by atoms with E-state index in [9.17, 15) is 0 Å². The van der Waals surface area contributed by atoms with Gasteiger partial charge in [0.05, 0.1) is 12.7 Å². The smallest absolute Gasteiger partial charge is 0.0807 e. The molecule has 1 saturated heterocycles. The van der Waals surface area contributed by atoms with Crippen molar-refractivity contribution < 1.29 is 4.74 Å². The molecule has 0 radical (unpaired) electrons. The SMILES string of the molecule is CCC1CO1.c1ccc(-c2ccccc2)cc1. The Morgan fingerprint density at radius 2 is 1.29 bits per heavy atom. The molecule has 1 aliphatic heterocycles. The van der Waals surface area contributed by atoms with Gasteiger partial charge in [0.1, 0.15) is 0 Å². The molecule has 0 bridgehead atoms. The van der Waals surface area contributed by atoms with Gasteiger partial charge in [0.2, 0.25) is 0 Å². The Bertz CT molecular complexity index is 380. The van der Waals surface area contributed by atoms with Crippen molar-refractivity contribution >= 4 is 0 Å². The van der Waals surface area contributed by atoms with Crippen LogP contribution < -0.4 is 0 Å². The Morgan fingerprint density at radius 3 is 1.53 bits per heavy atom. The van der Waals surface area contributed by atoms with Crippen molar-refractivity contribution in [1.82, 2.24) is 0 Å². The van der Waals surface area contributed by atoms with Crippen molar-refractivity contribution in [2.45, 2.75) is 19.4 Å². The molecule has 2 aromatic carbocycles. The Hall–Kier alpha value is -1.60. The summed E-state index contributed by atoms with van der Waals surface area (Å²) in [7, 11) is 0. The van der Waals surface area contributed by atoms with Crippen LogP contribution in [0, 0.1) is 0 Å². The molecule has 1 heteroatoms. The second-order valence-electron chi connectivity index (χ2n) is 4.10. The first-order valence-electron chi connectivity index (χ1n) is 6.12. The summed E-state index contributed by atoms with van der Waals surface area (Å²) in [4.78, 5) is 0. The predicted octanol–water partition coefficient (Wildman–Crippen LogP) is 4.15. The third-order valence-electron chi connectivity index (χ3n) is 2.74. The maximum absolute atomic E-state index is 4.86. The summed E-state index contributed by atoms with van der Waals surface area (Å²) >= 11 is 0. The lowest BCUT2D eigenvalue weighted by molar-refractivity contribution is 0.403. The largest absolute Gasteiger partial charge is 0.373 e. The van der Waals surface area contributed by atoms with Gasteiger partial charge in [-0.3, -0.25) is 0 Å². The molecule has 0 aromatic heterocycles. The highest BCUT2D eigenvalue weighted by atomic mass is 16.6. The van der Waals surface area contributed by atoms with Gasteiger partial charge in [-0.25, -0.2) is 0 Å². The van der Waals surface area contributed by atoms with Crippen LogP contribution in [0.25, 0.3) is 11.1 Å². The minimum Gasteiger partial charge on any atom is -0.373 e. The van der Waals surface area contributed by atoms with Gasteiger partial charge in [0.25, 0.3) is 0 Å². The molecule has 0 saturated carbocycles. The van der Waals surface area contributed by atoms with E-state index in [0.717, 1.165) is 6.61 Å². The minimum atomic E-state index is 0.634. The van der Waals surface area contributed by atoms with Crippen molar-refractivity contribution in [2.24, 2.45) is 0 Å². The van der Waals surface area contributed by atoms with Gasteiger partial charge in [-0.15, -0.1) is 0 Å². The molecule has 0 N–H and O–H groups in total. The fourth-order valence-electron chi connectivity index (χ4n) is 1.56. The van der Waals surface area contributed by atoms with E-state index < -0.39 is 0 Å². The zero-order valence-corrected chi connectivity index (χ0v) is 10.2. The van der Waals surface area contributed by atoms with Crippen LogP contribution in [0.4, 0.5) is 0 Å². The van der Waals surface area contributed by atoms with Crippen LogP contribution in [-0.4, -0.2) is 12.7 Å². The fraction of sp³-hybridized carbons (Fsp3) is 0.250. The zero-order valence-electron chi connectivity index (χ0n) is 10.2. The minimum absolute atomic E-state index is 0.634. The van der Waals surface area contributed by atoms with E-state index >= 15 is 0 Å². The topological polar surface area (TPSA) is 12.5 Å². The molecule has 1 heterocycles. The molecule has 2 aromatic rings. The van der Waals surface area contributed by atoms with Crippen molar-refractivity contribution in [3.63, 3.8) is 0 Å². The molecular formula is C16H18O. The third-order valence-corrected chi connectivity index (χ3v) is 2.74. The maximum atomic E-state index is 4.86. The van der Waals surface area contributed by atoms with Crippen LogP contribution in [0.3, 0.4) is 0 Å². The van der Waals surface area contributed by atoms with Crippen LogP contribution in [0.1, 0.15) is 13.3 Å². The number of benzene rings is 2. The monoisotopic (exact) mass is 226 g/mol. The standard InChI is InChI=1S/C12H10.C4H8O/c1-3-7-11(8-4-1)12-9-5-2-6-10-12;1-2-4-3-5-4/h1-10H;4H,2-3H2,1H3. The molecule has 3 rings (SSSR count). The maximum Gasteiger partial charge on any atom is 0.0807 e.